The third kappa shape index (κ3) is 4.51. The Morgan fingerprint density at radius 3 is 2.79 bits per heavy atom. The molecule has 0 aliphatic heterocycles. The highest BCUT2D eigenvalue weighted by Crippen LogP contribution is 2.34. The number of nitrogens with one attached hydrogen (secondary N) is 1. The van der Waals surface area contributed by atoms with E-state index >= 15 is 0 Å². The monoisotopic (exact) mass is 428 g/mol. The normalized spacial score (nSPS) is 21.8. The van der Waals surface area contributed by atoms with Crippen LogP contribution in [0.3, 0.4) is 0 Å². The van der Waals surface area contributed by atoms with Crippen LogP contribution in [0.5, 0.6) is 0 Å². The van der Waals surface area contributed by atoms with E-state index in [0.29, 0.717) is 16.7 Å². The zero-order chi connectivity index (χ0) is 20.4. The average molecular weight is 429 g/mol. The van der Waals surface area contributed by atoms with Gasteiger partial charge in [0.15, 0.2) is 6.61 Å². The number of esters is 1. The molecule has 2 aromatic heterocycles. The molecule has 3 atom stereocenters. The van der Waals surface area contributed by atoms with Gasteiger partial charge < -0.3 is 10.1 Å². The molecule has 1 amide bonds. The molecule has 4 rings (SSSR count). The standard InChI is InChI=1S/C22H24N2O3S2/c1-13-6-5-8-15(14(13)2)23-20(25)12-27-22(26)19-11-10-18(28-19)21-24-16-7-3-4-9-17(16)29-21/h3-4,7,9-11,13-15H,5-6,8,12H2,1-2H3,(H,23,25)/t13-,14-,15+/m1/s1. The van der Waals surface area contributed by atoms with Crippen LogP contribution in [0.2, 0.25) is 0 Å². The number of carbonyl (C=O) groups excluding carboxylic acids is 2. The third-order valence-electron chi connectivity index (χ3n) is 5.70. The molecule has 2 heterocycles. The van der Waals surface area contributed by atoms with Crippen LogP contribution in [0.15, 0.2) is 36.4 Å². The maximum Gasteiger partial charge on any atom is 0.348 e. The summed E-state index contributed by atoms with van der Waals surface area (Å²) in [5.74, 6) is 0.343. The van der Waals surface area contributed by atoms with E-state index in [1.165, 1.54) is 17.8 Å². The fraction of sp³-hybridized carbons (Fsp3) is 0.409. The van der Waals surface area contributed by atoms with Crippen LogP contribution in [0, 0.1) is 11.8 Å². The highest BCUT2D eigenvalue weighted by Gasteiger charge is 2.28. The second-order valence-corrected chi connectivity index (χ2v) is 9.78. The largest absolute Gasteiger partial charge is 0.451 e. The summed E-state index contributed by atoms with van der Waals surface area (Å²) >= 11 is 2.94. The number of nitrogens with zero attached hydrogens (tertiary/aromatic N) is 1. The maximum absolute atomic E-state index is 12.4. The number of aromatic nitrogens is 1. The van der Waals surface area contributed by atoms with Gasteiger partial charge in [-0.25, -0.2) is 9.78 Å². The summed E-state index contributed by atoms with van der Waals surface area (Å²) in [7, 11) is 0. The molecule has 1 N–H and O–H groups in total. The molecule has 1 fully saturated rings. The summed E-state index contributed by atoms with van der Waals surface area (Å²) in [5, 5.41) is 3.91. The number of amides is 1. The first-order valence-electron chi connectivity index (χ1n) is 9.93. The van der Waals surface area contributed by atoms with Crippen molar-refractivity contribution in [2.75, 3.05) is 6.61 Å². The highest BCUT2D eigenvalue weighted by molar-refractivity contribution is 7.26. The summed E-state index contributed by atoms with van der Waals surface area (Å²) in [6.07, 6.45) is 3.32. The van der Waals surface area contributed by atoms with Crippen molar-refractivity contribution in [3.05, 3.63) is 41.3 Å². The maximum atomic E-state index is 12.4. The minimum atomic E-state index is -0.470. The number of hydrogen-bond acceptors (Lipinski definition) is 6. The molecule has 0 spiro atoms. The molecule has 152 valence electrons. The van der Waals surface area contributed by atoms with Crippen LogP contribution in [0.1, 0.15) is 42.8 Å². The van der Waals surface area contributed by atoms with E-state index in [4.69, 9.17) is 4.74 Å². The Labute approximate surface area is 178 Å². The van der Waals surface area contributed by atoms with Crippen LogP contribution in [0.25, 0.3) is 20.1 Å². The zero-order valence-corrected chi connectivity index (χ0v) is 18.1. The second kappa shape index (κ2) is 8.63. The van der Waals surface area contributed by atoms with Crippen LogP contribution in [0.4, 0.5) is 0 Å². The predicted octanol–water partition coefficient (Wildman–Crippen LogP) is 5.12. The highest BCUT2D eigenvalue weighted by atomic mass is 32.1. The van der Waals surface area contributed by atoms with Gasteiger partial charge in [0.05, 0.1) is 15.1 Å². The first-order valence-corrected chi connectivity index (χ1v) is 11.6. The van der Waals surface area contributed by atoms with Crippen molar-refractivity contribution in [3.63, 3.8) is 0 Å². The minimum Gasteiger partial charge on any atom is -0.451 e. The van der Waals surface area contributed by atoms with Gasteiger partial charge in [-0.1, -0.05) is 38.8 Å². The van der Waals surface area contributed by atoms with E-state index in [0.717, 1.165) is 32.9 Å². The van der Waals surface area contributed by atoms with Crippen molar-refractivity contribution in [1.29, 1.82) is 0 Å². The molecule has 0 radical (unpaired) electrons. The van der Waals surface area contributed by atoms with Crippen molar-refractivity contribution in [1.82, 2.24) is 10.3 Å². The number of benzene rings is 1. The van der Waals surface area contributed by atoms with Crippen molar-refractivity contribution < 1.29 is 14.3 Å². The zero-order valence-electron chi connectivity index (χ0n) is 16.5. The van der Waals surface area contributed by atoms with Crippen molar-refractivity contribution >= 4 is 44.8 Å². The number of para-hydroxylation sites is 1. The van der Waals surface area contributed by atoms with Gasteiger partial charge in [-0.15, -0.1) is 22.7 Å². The third-order valence-corrected chi connectivity index (χ3v) is 7.97. The first kappa shape index (κ1) is 20.0. The molecule has 1 aliphatic rings. The Morgan fingerprint density at radius 2 is 1.97 bits per heavy atom. The fourth-order valence-corrected chi connectivity index (χ4v) is 5.70. The lowest BCUT2D eigenvalue weighted by Gasteiger charge is -2.34. The molecule has 7 heteroatoms. The van der Waals surface area contributed by atoms with Gasteiger partial charge in [-0.2, -0.15) is 0 Å². The lowest BCUT2D eigenvalue weighted by molar-refractivity contribution is -0.125. The summed E-state index contributed by atoms with van der Waals surface area (Å²) < 4.78 is 6.36. The lowest BCUT2D eigenvalue weighted by Crippen LogP contribution is -2.45. The van der Waals surface area contributed by atoms with E-state index in [1.807, 2.05) is 30.3 Å². The molecule has 0 unspecified atom stereocenters. The predicted molar refractivity (Wildman–Crippen MR) is 117 cm³/mol. The number of ether oxygens (including phenoxy) is 1. The Balaban J connectivity index is 1.34. The van der Waals surface area contributed by atoms with E-state index in [-0.39, 0.29) is 18.6 Å². The van der Waals surface area contributed by atoms with Crippen LogP contribution >= 0.6 is 22.7 Å². The quantitative estimate of drug-likeness (QED) is 0.573. The Bertz CT molecular complexity index is 993. The van der Waals surface area contributed by atoms with Crippen LogP contribution in [-0.4, -0.2) is 29.5 Å². The summed E-state index contributed by atoms with van der Waals surface area (Å²) in [5.41, 5.74) is 0.952. The molecule has 1 aliphatic carbocycles. The molecular formula is C22H24N2O3S2. The topological polar surface area (TPSA) is 68.3 Å². The van der Waals surface area contributed by atoms with Gasteiger partial charge in [0.25, 0.3) is 5.91 Å². The molecule has 0 bridgehead atoms. The number of thiophene rings is 1. The van der Waals surface area contributed by atoms with Gasteiger partial charge >= 0.3 is 5.97 Å². The summed E-state index contributed by atoms with van der Waals surface area (Å²) in [6, 6.07) is 11.7. The molecule has 1 saturated carbocycles. The van der Waals surface area contributed by atoms with Gasteiger partial charge in [-0.3, -0.25) is 4.79 Å². The van der Waals surface area contributed by atoms with Crippen molar-refractivity contribution in [2.24, 2.45) is 11.8 Å². The van der Waals surface area contributed by atoms with Gasteiger partial charge in [0, 0.05) is 6.04 Å². The van der Waals surface area contributed by atoms with E-state index in [1.54, 1.807) is 17.4 Å². The van der Waals surface area contributed by atoms with Crippen LogP contribution in [-0.2, 0) is 9.53 Å². The van der Waals surface area contributed by atoms with E-state index in [9.17, 15) is 9.59 Å². The second-order valence-electron chi connectivity index (χ2n) is 7.67. The van der Waals surface area contributed by atoms with E-state index in [2.05, 4.69) is 24.1 Å². The SMILES string of the molecule is C[C@@H]1[C@H](C)CCC[C@@H]1NC(=O)COC(=O)c1ccc(-c2nc3ccccc3s2)s1. The van der Waals surface area contributed by atoms with Crippen LogP contribution < -0.4 is 5.32 Å². The van der Waals surface area contributed by atoms with Gasteiger partial charge in [0.2, 0.25) is 0 Å². The Hall–Kier alpha value is -2.25. The Morgan fingerprint density at radius 1 is 1.14 bits per heavy atom. The summed E-state index contributed by atoms with van der Waals surface area (Å²) in [4.78, 5) is 30.6. The van der Waals surface area contributed by atoms with Gasteiger partial charge in [-0.05, 0) is 42.5 Å². The number of hydrogen-bond donors (Lipinski definition) is 1. The first-order chi connectivity index (χ1) is 14.0. The minimum absolute atomic E-state index is 0.164. The molecule has 0 saturated heterocycles. The molecule has 29 heavy (non-hydrogen) atoms. The van der Waals surface area contributed by atoms with Crippen molar-refractivity contribution in [3.8, 4) is 9.88 Å². The number of fused-ring (bicyclic) bond motifs is 1. The van der Waals surface area contributed by atoms with Gasteiger partial charge in [0.1, 0.15) is 9.88 Å². The molecule has 1 aromatic carbocycles. The average Bonchev–Trinajstić information content (AvgIpc) is 3.36. The van der Waals surface area contributed by atoms with E-state index < -0.39 is 5.97 Å². The van der Waals surface area contributed by atoms with Crippen molar-refractivity contribution in [2.45, 2.75) is 39.2 Å². The number of thiazole rings is 1. The number of rotatable bonds is 5. The molecular weight excluding hydrogens is 404 g/mol. The lowest BCUT2D eigenvalue weighted by atomic mass is 9.78. The molecule has 3 aromatic rings. The number of carbonyl (C=O) groups is 2. The smallest absolute Gasteiger partial charge is 0.348 e. The summed E-state index contributed by atoms with van der Waals surface area (Å²) in [6.45, 7) is 4.16. The molecule has 5 nitrogen and oxygen atoms in total. The Kier molecular flexibility index (Phi) is 5.96. The fourth-order valence-electron chi connectivity index (χ4n) is 3.78.